The number of halogens is 1. The molecular formula is C22H24FN3O2. The molecule has 0 bridgehead atoms. The molecule has 3 aromatic rings. The van der Waals surface area contributed by atoms with E-state index in [4.69, 9.17) is 4.74 Å². The maximum absolute atomic E-state index is 15.3. The van der Waals surface area contributed by atoms with E-state index >= 15 is 4.39 Å². The maximum Gasteiger partial charge on any atom is 0.310 e. The molecule has 0 saturated carbocycles. The lowest BCUT2D eigenvalue weighted by atomic mass is 9.99. The summed E-state index contributed by atoms with van der Waals surface area (Å²) in [6.07, 6.45) is 5.15. The van der Waals surface area contributed by atoms with Crippen LogP contribution in [0, 0.1) is 5.82 Å². The summed E-state index contributed by atoms with van der Waals surface area (Å²) in [7, 11) is 0. The average Bonchev–Trinajstić information content (AvgIpc) is 3.07. The van der Waals surface area contributed by atoms with Crippen molar-refractivity contribution >= 4 is 5.97 Å². The van der Waals surface area contributed by atoms with Crippen LogP contribution in [-0.2, 0) is 22.5 Å². The third-order valence-electron chi connectivity index (χ3n) is 4.17. The molecule has 2 heterocycles. The van der Waals surface area contributed by atoms with Gasteiger partial charge in [0, 0.05) is 36.3 Å². The summed E-state index contributed by atoms with van der Waals surface area (Å²) in [5.74, 6) is -0.915. The smallest absolute Gasteiger partial charge is 0.310 e. The molecule has 0 saturated heterocycles. The highest BCUT2D eigenvalue weighted by Crippen LogP contribution is 2.33. The lowest BCUT2D eigenvalue weighted by Gasteiger charge is -2.19. The molecule has 0 aliphatic carbocycles. The highest BCUT2D eigenvalue weighted by atomic mass is 19.1. The van der Waals surface area contributed by atoms with Crippen molar-refractivity contribution in [3.05, 3.63) is 60.3 Å². The number of aryl methyl sites for hydroxylation is 1. The molecule has 146 valence electrons. The summed E-state index contributed by atoms with van der Waals surface area (Å²) in [5, 5.41) is 4.56. The lowest BCUT2D eigenvalue weighted by molar-refractivity contribution is -0.153. The second-order valence-electron chi connectivity index (χ2n) is 7.52. The first kappa shape index (κ1) is 19.7. The number of nitrogens with zero attached hydrogens (tertiary/aromatic N) is 3. The average molecular weight is 381 g/mol. The number of aromatic nitrogens is 3. The number of carbonyl (C=O) groups excluding carboxylic acids is 1. The van der Waals surface area contributed by atoms with E-state index in [1.54, 1.807) is 56.0 Å². The van der Waals surface area contributed by atoms with Gasteiger partial charge in [0.25, 0.3) is 0 Å². The number of ether oxygens (including phenoxy) is 1. The van der Waals surface area contributed by atoms with Crippen molar-refractivity contribution in [2.24, 2.45) is 0 Å². The summed E-state index contributed by atoms with van der Waals surface area (Å²) >= 11 is 0. The van der Waals surface area contributed by atoms with Crippen LogP contribution >= 0.6 is 0 Å². The van der Waals surface area contributed by atoms with Crippen LogP contribution in [0.3, 0.4) is 0 Å². The Morgan fingerprint density at radius 2 is 1.86 bits per heavy atom. The number of esters is 1. The summed E-state index contributed by atoms with van der Waals surface area (Å²) in [6, 6.07) is 8.75. The molecule has 0 amide bonds. The minimum atomic E-state index is -0.612. The Morgan fingerprint density at radius 1 is 1.14 bits per heavy atom. The number of hydrogen-bond acceptors (Lipinski definition) is 4. The van der Waals surface area contributed by atoms with E-state index in [9.17, 15) is 4.79 Å². The maximum atomic E-state index is 15.3. The molecule has 0 N–H and O–H groups in total. The van der Waals surface area contributed by atoms with Gasteiger partial charge in [-0.2, -0.15) is 5.10 Å². The van der Waals surface area contributed by atoms with Crippen molar-refractivity contribution < 1.29 is 13.9 Å². The van der Waals surface area contributed by atoms with E-state index in [0.717, 1.165) is 11.1 Å². The van der Waals surface area contributed by atoms with Crippen LogP contribution in [0.25, 0.3) is 22.4 Å². The first-order valence-corrected chi connectivity index (χ1v) is 9.26. The predicted molar refractivity (Wildman–Crippen MR) is 106 cm³/mol. The Labute approximate surface area is 164 Å². The van der Waals surface area contributed by atoms with Gasteiger partial charge in [-0.1, -0.05) is 12.1 Å². The second-order valence-corrected chi connectivity index (χ2v) is 7.52. The minimum Gasteiger partial charge on any atom is -0.460 e. The van der Waals surface area contributed by atoms with Crippen molar-refractivity contribution in [2.45, 2.75) is 46.3 Å². The van der Waals surface area contributed by atoms with E-state index in [1.165, 1.54) is 0 Å². The Morgan fingerprint density at radius 3 is 2.50 bits per heavy atom. The minimum absolute atomic E-state index is 0.129. The summed E-state index contributed by atoms with van der Waals surface area (Å²) in [6.45, 7) is 8.00. The third kappa shape index (κ3) is 4.44. The largest absolute Gasteiger partial charge is 0.460 e. The van der Waals surface area contributed by atoms with Gasteiger partial charge in [-0.15, -0.1) is 0 Å². The number of carbonyl (C=O) groups is 1. The van der Waals surface area contributed by atoms with Gasteiger partial charge < -0.3 is 4.74 Å². The van der Waals surface area contributed by atoms with E-state index in [-0.39, 0.29) is 6.42 Å². The van der Waals surface area contributed by atoms with E-state index in [0.29, 0.717) is 23.4 Å². The number of hydrogen-bond donors (Lipinski definition) is 0. The molecule has 2 aromatic heterocycles. The lowest BCUT2D eigenvalue weighted by Crippen LogP contribution is -2.25. The van der Waals surface area contributed by atoms with Gasteiger partial charge in [-0.05, 0) is 57.0 Å². The molecule has 5 nitrogen and oxygen atoms in total. The molecule has 6 heteroatoms. The molecule has 0 aliphatic rings. The van der Waals surface area contributed by atoms with Gasteiger partial charge >= 0.3 is 5.97 Å². The molecule has 0 radical (unpaired) electrons. The first-order valence-electron chi connectivity index (χ1n) is 9.26. The molecular weight excluding hydrogens is 357 g/mol. The normalized spacial score (nSPS) is 11.5. The summed E-state index contributed by atoms with van der Waals surface area (Å²) in [5.41, 5.74) is 2.30. The summed E-state index contributed by atoms with van der Waals surface area (Å²) < 4.78 is 22.4. The second kappa shape index (κ2) is 7.92. The van der Waals surface area contributed by atoms with Crippen LogP contribution in [0.4, 0.5) is 4.39 Å². The quantitative estimate of drug-likeness (QED) is 0.604. The topological polar surface area (TPSA) is 57.0 Å². The van der Waals surface area contributed by atoms with Crippen LogP contribution in [0.2, 0.25) is 0 Å². The third-order valence-corrected chi connectivity index (χ3v) is 4.17. The van der Waals surface area contributed by atoms with Gasteiger partial charge in [-0.3, -0.25) is 14.5 Å². The summed E-state index contributed by atoms with van der Waals surface area (Å²) in [4.78, 5) is 16.2. The fourth-order valence-corrected chi connectivity index (χ4v) is 2.96. The van der Waals surface area contributed by atoms with Crippen LogP contribution in [0.1, 0.15) is 33.3 Å². The van der Waals surface area contributed by atoms with Gasteiger partial charge in [-0.25, -0.2) is 4.39 Å². The SMILES string of the molecule is CCn1cc(-c2ccncc2)c(-c2cccc(CC(=O)OC(C)(C)C)c2F)n1. The molecule has 0 spiro atoms. The standard InChI is InChI=1S/C22H24FN3O2/c1-5-26-14-18(15-9-11-24-12-10-15)21(25-26)17-8-6-7-16(20(17)23)13-19(27)28-22(2,3)4/h6-12,14H,5,13H2,1-4H3. The van der Waals surface area contributed by atoms with Crippen LogP contribution in [-0.4, -0.2) is 26.3 Å². The van der Waals surface area contributed by atoms with Crippen LogP contribution in [0.5, 0.6) is 0 Å². The van der Waals surface area contributed by atoms with Crippen molar-refractivity contribution in [3.63, 3.8) is 0 Å². The zero-order chi connectivity index (χ0) is 20.3. The Hall–Kier alpha value is -3.02. The zero-order valence-corrected chi connectivity index (χ0v) is 16.6. The fourth-order valence-electron chi connectivity index (χ4n) is 2.96. The van der Waals surface area contributed by atoms with E-state index in [2.05, 4.69) is 10.1 Å². The Bertz CT molecular complexity index is 975. The molecule has 0 unspecified atom stereocenters. The van der Waals surface area contributed by atoms with E-state index in [1.807, 2.05) is 25.3 Å². The van der Waals surface area contributed by atoms with Gasteiger partial charge in [0.05, 0.1) is 6.42 Å². The molecule has 0 aliphatic heterocycles. The van der Waals surface area contributed by atoms with Gasteiger partial charge in [0.1, 0.15) is 17.1 Å². The van der Waals surface area contributed by atoms with Crippen molar-refractivity contribution in [1.29, 1.82) is 0 Å². The molecule has 3 rings (SSSR count). The molecule has 28 heavy (non-hydrogen) atoms. The van der Waals surface area contributed by atoms with Crippen molar-refractivity contribution in [1.82, 2.24) is 14.8 Å². The fraction of sp³-hybridized carbons (Fsp3) is 0.318. The van der Waals surface area contributed by atoms with Gasteiger partial charge in [0.2, 0.25) is 0 Å². The number of rotatable bonds is 5. The Balaban J connectivity index is 2.01. The molecule has 0 atom stereocenters. The van der Waals surface area contributed by atoms with Gasteiger partial charge in [0.15, 0.2) is 0 Å². The number of pyridine rings is 1. The highest BCUT2D eigenvalue weighted by Gasteiger charge is 2.21. The van der Waals surface area contributed by atoms with Crippen LogP contribution in [0.15, 0.2) is 48.9 Å². The van der Waals surface area contributed by atoms with E-state index < -0.39 is 17.4 Å². The number of benzene rings is 1. The Kier molecular flexibility index (Phi) is 5.58. The first-order chi connectivity index (χ1) is 13.3. The van der Waals surface area contributed by atoms with Crippen molar-refractivity contribution in [2.75, 3.05) is 0 Å². The predicted octanol–water partition coefficient (Wildman–Crippen LogP) is 4.66. The monoisotopic (exact) mass is 381 g/mol. The van der Waals surface area contributed by atoms with Crippen molar-refractivity contribution in [3.8, 4) is 22.4 Å². The van der Waals surface area contributed by atoms with Crippen LogP contribution < -0.4 is 0 Å². The highest BCUT2D eigenvalue weighted by molar-refractivity contribution is 5.81. The molecule has 0 fully saturated rings. The zero-order valence-electron chi connectivity index (χ0n) is 16.6. The molecule has 1 aromatic carbocycles.